The van der Waals surface area contributed by atoms with Gasteiger partial charge in [0.1, 0.15) is 5.75 Å². The van der Waals surface area contributed by atoms with Crippen LogP contribution in [0.2, 0.25) is 0 Å². The molecule has 3 aromatic carbocycles. The number of methoxy groups -OCH3 is 1. The summed E-state index contributed by atoms with van der Waals surface area (Å²) in [5, 5.41) is 11.6. The van der Waals surface area contributed by atoms with Crippen LogP contribution in [-0.4, -0.2) is 13.0 Å². The Labute approximate surface area is 154 Å². The van der Waals surface area contributed by atoms with Gasteiger partial charge in [-0.15, -0.1) is 0 Å². The Hall–Kier alpha value is -3.72. The molecule has 6 heteroatoms. The molecule has 0 radical (unpaired) electrons. The molecule has 0 fully saturated rings. The summed E-state index contributed by atoms with van der Waals surface area (Å²) in [7, 11) is 1.53. The lowest BCUT2D eigenvalue weighted by Gasteiger charge is -2.11. The minimum absolute atomic E-state index is 0.373. The normalized spacial score (nSPS) is 10.1. The summed E-state index contributed by atoms with van der Waals surface area (Å²) in [6.07, 6.45) is 0. The Kier molecular flexibility index (Phi) is 5.13. The molecule has 1 amide bonds. The number of nitriles is 1. The number of hydrogen-bond donors (Lipinski definition) is 1. The molecule has 0 unspecified atom stereocenters. The van der Waals surface area contributed by atoms with Crippen molar-refractivity contribution in [1.29, 1.82) is 5.26 Å². The molecule has 134 valence electrons. The van der Waals surface area contributed by atoms with Gasteiger partial charge in [0.05, 0.1) is 24.3 Å². The molecule has 3 rings (SSSR count). The third kappa shape index (κ3) is 3.77. The zero-order chi connectivity index (χ0) is 19.4. The fourth-order valence-electron chi connectivity index (χ4n) is 2.61. The van der Waals surface area contributed by atoms with E-state index in [1.54, 1.807) is 42.5 Å². The van der Waals surface area contributed by atoms with Gasteiger partial charge in [0.15, 0.2) is 11.6 Å². The van der Waals surface area contributed by atoms with Gasteiger partial charge in [-0.25, -0.2) is 8.78 Å². The predicted octanol–water partition coefficient (Wildman–Crippen LogP) is 4.76. The van der Waals surface area contributed by atoms with E-state index in [4.69, 9.17) is 10.00 Å². The number of nitrogens with zero attached hydrogens (tertiary/aromatic N) is 1. The Balaban J connectivity index is 1.85. The zero-order valence-electron chi connectivity index (χ0n) is 14.3. The number of carbonyl (C=O) groups is 1. The number of rotatable bonds is 4. The van der Waals surface area contributed by atoms with Gasteiger partial charge < -0.3 is 10.1 Å². The van der Waals surface area contributed by atoms with Crippen molar-refractivity contribution in [2.75, 3.05) is 12.4 Å². The molecule has 0 atom stereocenters. The average Bonchev–Trinajstić information content (AvgIpc) is 2.70. The number of amides is 1. The van der Waals surface area contributed by atoms with Crippen LogP contribution in [0.4, 0.5) is 14.5 Å². The van der Waals surface area contributed by atoms with Crippen molar-refractivity contribution in [3.63, 3.8) is 0 Å². The largest absolute Gasteiger partial charge is 0.496 e. The molecule has 4 nitrogen and oxygen atoms in total. The maximum absolute atomic E-state index is 13.7. The molecule has 1 N–H and O–H groups in total. The van der Waals surface area contributed by atoms with E-state index in [2.05, 4.69) is 11.4 Å². The van der Waals surface area contributed by atoms with E-state index < -0.39 is 17.5 Å². The van der Waals surface area contributed by atoms with Crippen molar-refractivity contribution in [1.82, 2.24) is 0 Å². The van der Waals surface area contributed by atoms with Crippen molar-refractivity contribution in [2.24, 2.45) is 0 Å². The summed E-state index contributed by atoms with van der Waals surface area (Å²) in [5.41, 5.74) is 2.04. The van der Waals surface area contributed by atoms with Gasteiger partial charge in [-0.2, -0.15) is 5.26 Å². The highest BCUT2D eigenvalue weighted by Gasteiger charge is 2.15. The number of benzene rings is 3. The smallest absolute Gasteiger partial charge is 0.258 e. The molecule has 0 aliphatic heterocycles. The second kappa shape index (κ2) is 7.67. The Morgan fingerprint density at radius 1 is 1.07 bits per heavy atom. The minimum Gasteiger partial charge on any atom is -0.496 e. The fraction of sp³-hybridized carbons (Fsp3) is 0.0476. The number of halogens is 2. The van der Waals surface area contributed by atoms with E-state index >= 15 is 0 Å². The van der Waals surface area contributed by atoms with Gasteiger partial charge in [-0.3, -0.25) is 4.79 Å². The second-order valence-corrected chi connectivity index (χ2v) is 5.66. The number of anilines is 1. The lowest BCUT2D eigenvalue weighted by molar-refractivity contribution is 0.102. The summed E-state index contributed by atoms with van der Waals surface area (Å²) in [4.78, 5) is 12.2. The third-order valence-corrected chi connectivity index (χ3v) is 3.98. The third-order valence-electron chi connectivity index (χ3n) is 3.98. The van der Waals surface area contributed by atoms with Gasteiger partial charge in [-0.05, 0) is 48.0 Å². The number of ether oxygens (including phenoxy) is 1. The second-order valence-electron chi connectivity index (χ2n) is 5.66. The molecule has 0 aliphatic rings. The molecule has 0 aromatic heterocycles. The van der Waals surface area contributed by atoms with E-state index in [1.165, 1.54) is 19.2 Å². The molecule has 0 saturated heterocycles. The monoisotopic (exact) mass is 364 g/mol. The van der Waals surface area contributed by atoms with Crippen LogP contribution in [0, 0.1) is 23.0 Å². The maximum Gasteiger partial charge on any atom is 0.258 e. The summed E-state index contributed by atoms with van der Waals surface area (Å²) in [5.74, 6) is -2.41. The average molecular weight is 364 g/mol. The lowest BCUT2D eigenvalue weighted by atomic mass is 10.0. The molecule has 0 bridgehead atoms. The number of nitrogens with one attached hydrogen (secondary N) is 1. The molecule has 0 spiro atoms. The SMILES string of the molecule is COc1ccc(C#N)cc1-c1ccc(NC(=O)c2cccc(F)c2F)cc1. The molecule has 0 aliphatic carbocycles. The highest BCUT2D eigenvalue weighted by atomic mass is 19.2. The summed E-state index contributed by atoms with van der Waals surface area (Å²) < 4.78 is 32.3. The molecular weight excluding hydrogens is 350 g/mol. The van der Waals surface area contributed by atoms with Crippen molar-refractivity contribution in [3.8, 4) is 22.9 Å². The van der Waals surface area contributed by atoms with Gasteiger partial charge in [-0.1, -0.05) is 18.2 Å². The fourth-order valence-corrected chi connectivity index (χ4v) is 2.61. The molecule has 0 heterocycles. The van der Waals surface area contributed by atoms with Crippen LogP contribution in [-0.2, 0) is 0 Å². The summed E-state index contributed by atoms with van der Waals surface area (Å²) in [6, 6.07) is 17.3. The van der Waals surface area contributed by atoms with Crippen LogP contribution in [0.5, 0.6) is 5.75 Å². The van der Waals surface area contributed by atoms with Crippen LogP contribution < -0.4 is 10.1 Å². The quantitative estimate of drug-likeness (QED) is 0.726. The van der Waals surface area contributed by atoms with Crippen LogP contribution in [0.3, 0.4) is 0 Å². The van der Waals surface area contributed by atoms with E-state index in [-0.39, 0.29) is 5.56 Å². The highest BCUT2D eigenvalue weighted by Crippen LogP contribution is 2.31. The van der Waals surface area contributed by atoms with Gasteiger partial charge in [0, 0.05) is 11.3 Å². The standard InChI is InChI=1S/C21H14F2N2O2/c1-27-19-10-5-13(12-24)11-17(19)14-6-8-15(9-7-14)25-21(26)16-3-2-4-18(22)20(16)23/h2-11H,1H3,(H,25,26). The maximum atomic E-state index is 13.7. The Morgan fingerprint density at radius 2 is 1.81 bits per heavy atom. The first kappa shape index (κ1) is 18.1. The van der Waals surface area contributed by atoms with Crippen molar-refractivity contribution >= 4 is 11.6 Å². The number of carbonyl (C=O) groups excluding carboxylic acids is 1. The van der Waals surface area contributed by atoms with Crippen LogP contribution >= 0.6 is 0 Å². The van der Waals surface area contributed by atoms with Crippen molar-refractivity contribution in [3.05, 3.63) is 83.4 Å². The van der Waals surface area contributed by atoms with E-state index in [0.717, 1.165) is 17.2 Å². The highest BCUT2D eigenvalue weighted by molar-refractivity contribution is 6.04. The molecule has 27 heavy (non-hydrogen) atoms. The van der Waals surface area contributed by atoms with E-state index in [9.17, 15) is 13.6 Å². The van der Waals surface area contributed by atoms with Gasteiger partial charge >= 0.3 is 0 Å². The van der Waals surface area contributed by atoms with Crippen LogP contribution in [0.15, 0.2) is 60.7 Å². The van der Waals surface area contributed by atoms with Crippen LogP contribution in [0.1, 0.15) is 15.9 Å². The van der Waals surface area contributed by atoms with Crippen molar-refractivity contribution in [2.45, 2.75) is 0 Å². The number of hydrogen-bond acceptors (Lipinski definition) is 3. The first-order valence-electron chi connectivity index (χ1n) is 7.97. The predicted molar refractivity (Wildman–Crippen MR) is 97.5 cm³/mol. The van der Waals surface area contributed by atoms with Crippen LogP contribution in [0.25, 0.3) is 11.1 Å². The Morgan fingerprint density at radius 3 is 2.48 bits per heavy atom. The van der Waals surface area contributed by atoms with Gasteiger partial charge in [0.25, 0.3) is 5.91 Å². The minimum atomic E-state index is -1.19. The molecule has 3 aromatic rings. The zero-order valence-corrected chi connectivity index (χ0v) is 14.3. The Bertz CT molecular complexity index is 1040. The first-order valence-corrected chi connectivity index (χ1v) is 7.97. The summed E-state index contributed by atoms with van der Waals surface area (Å²) >= 11 is 0. The van der Waals surface area contributed by atoms with E-state index in [0.29, 0.717) is 17.0 Å². The van der Waals surface area contributed by atoms with Gasteiger partial charge in [0.2, 0.25) is 0 Å². The van der Waals surface area contributed by atoms with E-state index in [1.807, 2.05) is 0 Å². The topological polar surface area (TPSA) is 62.1 Å². The van der Waals surface area contributed by atoms with Crippen molar-refractivity contribution < 1.29 is 18.3 Å². The summed E-state index contributed by atoms with van der Waals surface area (Å²) in [6.45, 7) is 0. The molecular formula is C21H14F2N2O2. The first-order chi connectivity index (χ1) is 13.0. The lowest BCUT2D eigenvalue weighted by Crippen LogP contribution is -2.14. The molecule has 0 saturated carbocycles.